The molecule has 0 aliphatic carbocycles. The Morgan fingerprint density at radius 3 is 0.969 bits per heavy atom. The molecule has 0 heterocycles. The van der Waals surface area contributed by atoms with Crippen molar-refractivity contribution in [3.05, 3.63) is 79.9 Å². The molecule has 0 spiro atoms. The van der Waals surface area contributed by atoms with E-state index in [0.717, 1.165) is 43.5 Å². The number of ether oxygens (including phenoxy) is 3. The maximum Gasteiger partial charge on any atom is 0.414 e. The summed E-state index contributed by atoms with van der Waals surface area (Å²) in [5, 5.41) is 0. The summed E-state index contributed by atoms with van der Waals surface area (Å²) in [6.45, 7) is 7.75. The largest absolute Gasteiger partial charge is 0.420 e. The van der Waals surface area contributed by atoms with Gasteiger partial charge in [-0.25, -0.2) is 0 Å². The van der Waals surface area contributed by atoms with Crippen molar-refractivity contribution in [2.75, 3.05) is 0 Å². The molecular weight excluding hydrogens is 804 g/mol. The lowest BCUT2D eigenvalue weighted by Crippen LogP contribution is -2.45. The molecule has 0 N–H and O–H groups in total. The Balaban J connectivity index is 2.07. The van der Waals surface area contributed by atoms with Crippen LogP contribution in [0, 0.1) is 20.8 Å². The van der Waals surface area contributed by atoms with E-state index < -0.39 is 5.97 Å². The van der Waals surface area contributed by atoms with E-state index in [9.17, 15) is 0 Å². The highest BCUT2D eigenvalue weighted by Gasteiger charge is 2.35. The number of halogens is 6. The molecule has 0 aliphatic heterocycles. The molecule has 0 saturated heterocycles. The molecule has 170 valence electrons. The lowest BCUT2D eigenvalue weighted by Gasteiger charge is -2.32. The number of hydrogen-bond donors (Lipinski definition) is 0. The lowest BCUT2D eigenvalue weighted by atomic mass is 10.2. The van der Waals surface area contributed by atoms with E-state index in [1.807, 2.05) is 57.2 Å². The van der Waals surface area contributed by atoms with E-state index in [0.29, 0.717) is 17.2 Å². The van der Waals surface area contributed by atoms with Crippen molar-refractivity contribution in [3.8, 4) is 17.2 Å². The maximum atomic E-state index is 6.33. The van der Waals surface area contributed by atoms with Crippen molar-refractivity contribution in [2.24, 2.45) is 0 Å². The third-order valence-electron chi connectivity index (χ3n) is 4.61. The summed E-state index contributed by atoms with van der Waals surface area (Å²) in [6, 6.07) is 11.5. The van der Waals surface area contributed by atoms with Gasteiger partial charge in [-0.15, -0.1) is 0 Å². The van der Waals surface area contributed by atoms with E-state index >= 15 is 0 Å². The Bertz CT molecular complexity index is 1030. The Hall–Kier alpha value is -0.0600. The first-order valence-corrected chi connectivity index (χ1v) is 14.1. The zero-order valence-corrected chi connectivity index (χ0v) is 27.0. The normalized spacial score (nSPS) is 11.4. The van der Waals surface area contributed by atoms with Gasteiger partial charge in [-0.2, -0.15) is 0 Å². The molecular formula is C23H18Br6O3. The second-order valence-electron chi connectivity index (χ2n) is 7.19. The first kappa shape index (κ1) is 26.5. The quantitative estimate of drug-likeness (QED) is 0.232. The van der Waals surface area contributed by atoms with Gasteiger partial charge < -0.3 is 14.2 Å². The topological polar surface area (TPSA) is 27.7 Å². The minimum absolute atomic E-state index is 0.564. The van der Waals surface area contributed by atoms with Crippen LogP contribution in [0.1, 0.15) is 23.6 Å². The Kier molecular flexibility index (Phi) is 8.87. The fourth-order valence-electron chi connectivity index (χ4n) is 2.78. The highest BCUT2D eigenvalue weighted by Crippen LogP contribution is 2.42. The summed E-state index contributed by atoms with van der Waals surface area (Å²) in [4.78, 5) is 0. The fourth-order valence-corrected chi connectivity index (χ4v) is 5.34. The summed E-state index contributed by atoms with van der Waals surface area (Å²) >= 11 is 21.6. The van der Waals surface area contributed by atoms with E-state index in [1.165, 1.54) is 0 Å². The molecule has 0 atom stereocenters. The zero-order chi connectivity index (χ0) is 23.8. The minimum atomic E-state index is -1.51. The van der Waals surface area contributed by atoms with Crippen molar-refractivity contribution in [2.45, 2.75) is 33.7 Å². The van der Waals surface area contributed by atoms with Crippen LogP contribution < -0.4 is 14.2 Å². The van der Waals surface area contributed by atoms with Gasteiger partial charge >= 0.3 is 5.97 Å². The summed E-state index contributed by atoms with van der Waals surface area (Å²) in [5.41, 5.74) is 3.22. The number of aryl methyl sites for hydroxylation is 3. The number of rotatable bonds is 6. The SMILES string of the molecule is Cc1ccc(OC(C)(Oc2ccc(C)c(Br)c2Br)Oc2ccc(C)c(Br)c2Br)c(Br)c1Br. The highest BCUT2D eigenvalue weighted by atomic mass is 79.9. The van der Waals surface area contributed by atoms with E-state index in [-0.39, 0.29) is 0 Å². The second kappa shape index (κ2) is 10.7. The molecule has 3 nitrogen and oxygen atoms in total. The highest BCUT2D eigenvalue weighted by molar-refractivity contribution is 9.13. The Labute approximate surface area is 238 Å². The van der Waals surface area contributed by atoms with Crippen LogP contribution >= 0.6 is 95.6 Å². The molecule has 9 heteroatoms. The van der Waals surface area contributed by atoms with Crippen LogP contribution in [0.3, 0.4) is 0 Å². The van der Waals surface area contributed by atoms with Gasteiger partial charge in [-0.1, -0.05) is 18.2 Å². The van der Waals surface area contributed by atoms with E-state index in [2.05, 4.69) is 95.6 Å². The molecule has 0 fully saturated rings. The molecule has 0 saturated carbocycles. The van der Waals surface area contributed by atoms with Crippen molar-refractivity contribution in [1.82, 2.24) is 0 Å². The molecule has 3 rings (SSSR count). The smallest absolute Gasteiger partial charge is 0.414 e. The van der Waals surface area contributed by atoms with Crippen molar-refractivity contribution in [3.63, 3.8) is 0 Å². The predicted octanol–water partition coefficient (Wildman–Crippen LogP) is 10.4. The summed E-state index contributed by atoms with van der Waals surface area (Å²) in [6.07, 6.45) is 0. The second-order valence-corrected chi connectivity index (χ2v) is 12.0. The molecule has 0 aliphatic rings. The van der Waals surface area contributed by atoms with Crippen LogP contribution in [0.15, 0.2) is 63.2 Å². The molecule has 0 amide bonds. The van der Waals surface area contributed by atoms with Crippen molar-refractivity contribution < 1.29 is 14.2 Å². The lowest BCUT2D eigenvalue weighted by molar-refractivity contribution is -0.239. The molecule has 0 aromatic heterocycles. The summed E-state index contributed by atoms with van der Waals surface area (Å²) in [7, 11) is 0. The molecule has 0 bridgehead atoms. The van der Waals surface area contributed by atoms with E-state index in [1.54, 1.807) is 6.92 Å². The number of benzene rings is 3. The van der Waals surface area contributed by atoms with Gasteiger partial charge in [0.25, 0.3) is 0 Å². The van der Waals surface area contributed by atoms with Crippen LogP contribution in [0.4, 0.5) is 0 Å². The van der Waals surface area contributed by atoms with Gasteiger partial charge in [0.2, 0.25) is 0 Å². The average molecular weight is 822 g/mol. The van der Waals surface area contributed by atoms with E-state index in [4.69, 9.17) is 14.2 Å². The summed E-state index contributed by atoms with van der Waals surface area (Å²) < 4.78 is 24.0. The van der Waals surface area contributed by atoms with Crippen LogP contribution in [-0.2, 0) is 0 Å². The average Bonchev–Trinajstić information content (AvgIpc) is 2.75. The van der Waals surface area contributed by atoms with Gasteiger partial charge in [0, 0.05) is 13.4 Å². The molecule has 32 heavy (non-hydrogen) atoms. The van der Waals surface area contributed by atoms with Gasteiger partial charge in [-0.3, -0.25) is 0 Å². The first-order valence-electron chi connectivity index (χ1n) is 9.34. The van der Waals surface area contributed by atoms with Gasteiger partial charge in [0.1, 0.15) is 17.2 Å². The number of hydrogen-bond acceptors (Lipinski definition) is 3. The monoisotopic (exact) mass is 816 g/mol. The minimum Gasteiger partial charge on any atom is -0.420 e. The fraction of sp³-hybridized carbons (Fsp3) is 0.217. The summed E-state index contributed by atoms with van der Waals surface area (Å²) in [5.74, 6) is 0.185. The molecule has 0 unspecified atom stereocenters. The van der Waals surface area contributed by atoms with Crippen LogP contribution in [0.5, 0.6) is 17.2 Å². The van der Waals surface area contributed by atoms with Crippen LogP contribution in [-0.4, -0.2) is 5.97 Å². The standard InChI is InChI=1S/C23H18Br6O3/c1-11-5-8-14(20(27)17(11)24)30-23(4,31-15-9-6-12(2)18(25)21(15)28)32-16-10-7-13(3)19(26)22(16)29/h5-10H,1-4H3. The first-order chi connectivity index (χ1) is 14.9. The predicted molar refractivity (Wildman–Crippen MR) is 150 cm³/mol. The maximum absolute atomic E-state index is 6.33. The van der Waals surface area contributed by atoms with Gasteiger partial charge in [0.15, 0.2) is 0 Å². The molecule has 0 radical (unpaired) electrons. The Morgan fingerprint density at radius 2 is 0.719 bits per heavy atom. The van der Waals surface area contributed by atoms with Crippen LogP contribution in [0.25, 0.3) is 0 Å². The third kappa shape index (κ3) is 5.77. The Morgan fingerprint density at radius 1 is 0.469 bits per heavy atom. The van der Waals surface area contributed by atoms with Crippen LogP contribution in [0.2, 0.25) is 0 Å². The van der Waals surface area contributed by atoms with Crippen molar-refractivity contribution >= 4 is 95.6 Å². The van der Waals surface area contributed by atoms with Gasteiger partial charge in [0.05, 0.1) is 20.3 Å². The zero-order valence-electron chi connectivity index (χ0n) is 17.5. The molecule has 3 aromatic rings. The third-order valence-corrected chi connectivity index (χ3v) is 11.6. The molecule has 3 aromatic carbocycles. The van der Waals surface area contributed by atoms with Crippen molar-refractivity contribution in [1.29, 1.82) is 0 Å². The van der Waals surface area contributed by atoms with Gasteiger partial charge in [-0.05, 0) is 151 Å².